The Morgan fingerprint density at radius 3 is 2.71 bits per heavy atom. The molecule has 2 N–H and O–H groups in total. The van der Waals surface area contributed by atoms with Crippen LogP contribution in [0.5, 0.6) is 0 Å². The largest absolute Gasteiger partial charge is 0.342 e. The molecule has 4 rings (SSSR count). The fourth-order valence-electron chi connectivity index (χ4n) is 4.55. The number of hydrogen-bond acceptors (Lipinski definition) is 5. The number of anilines is 3. The normalized spacial score (nSPS) is 14.5. The van der Waals surface area contributed by atoms with Crippen LogP contribution in [0, 0.1) is 18.7 Å². The van der Waals surface area contributed by atoms with E-state index in [1.54, 1.807) is 73.3 Å². The highest BCUT2D eigenvalue weighted by atomic mass is 19.1. The van der Waals surface area contributed by atoms with E-state index in [-0.39, 0.29) is 11.8 Å². The molecule has 1 fully saturated rings. The lowest BCUT2D eigenvalue weighted by Crippen LogP contribution is -2.44. The first kappa shape index (κ1) is 24.4. The quantitative estimate of drug-likeness (QED) is 0.502. The smallest absolute Gasteiger partial charge is 0.252 e. The molecule has 2 heterocycles. The first-order chi connectivity index (χ1) is 16.8. The second-order valence-electron chi connectivity index (χ2n) is 9.19. The molecule has 0 saturated heterocycles. The van der Waals surface area contributed by atoms with E-state index in [1.807, 2.05) is 0 Å². The van der Waals surface area contributed by atoms with E-state index in [2.05, 4.69) is 20.7 Å². The monoisotopic (exact) mass is 478 g/mol. The number of carbonyl (C=O) groups is 2. The standard InChI is InChI=1S/C26H31FN6O2/c1-17-11-24(22(27)15-28-17)33(3)21-10-6-9-19(13-21)25(34)31-23(12-18-7-4-5-8-18)26(35)30-20-14-29-32(2)16-20/h6,9-11,13-16,18,23H,4-5,7-8,12H2,1-3H3,(H,30,35)(H,31,34)/t23-/m0/s1. The van der Waals surface area contributed by atoms with Crippen LogP contribution >= 0.6 is 0 Å². The highest BCUT2D eigenvalue weighted by molar-refractivity contribution is 6.01. The van der Waals surface area contributed by atoms with Gasteiger partial charge in [0.05, 0.1) is 23.8 Å². The van der Waals surface area contributed by atoms with Gasteiger partial charge < -0.3 is 15.5 Å². The highest BCUT2D eigenvalue weighted by Crippen LogP contribution is 2.30. The summed E-state index contributed by atoms with van der Waals surface area (Å²) in [5.74, 6) is -0.663. The number of amides is 2. The Morgan fingerprint density at radius 1 is 1.23 bits per heavy atom. The Bertz CT molecular complexity index is 1200. The number of aromatic nitrogens is 3. The number of rotatable bonds is 8. The van der Waals surface area contributed by atoms with Crippen molar-refractivity contribution in [3.63, 3.8) is 0 Å². The molecule has 8 nitrogen and oxygen atoms in total. The van der Waals surface area contributed by atoms with E-state index in [9.17, 15) is 14.0 Å². The van der Waals surface area contributed by atoms with Gasteiger partial charge in [-0.3, -0.25) is 19.3 Å². The number of carbonyl (C=O) groups excluding carboxylic acids is 2. The summed E-state index contributed by atoms with van der Waals surface area (Å²) in [6, 6.07) is 7.91. The molecule has 0 bridgehead atoms. The maximum atomic E-state index is 14.4. The van der Waals surface area contributed by atoms with Gasteiger partial charge in [-0.1, -0.05) is 31.7 Å². The van der Waals surface area contributed by atoms with Crippen molar-refractivity contribution in [1.82, 2.24) is 20.1 Å². The Morgan fingerprint density at radius 2 is 2.00 bits per heavy atom. The van der Waals surface area contributed by atoms with Gasteiger partial charge in [0.2, 0.25) is 5.91 Å². The first-order valence-electron chi connectivity index (χ1n) is 11.9. The van der Waals surface area contributed by atoms with Crippen LogP contribution in [0.15, 0.2) is 48.9 Å². The van der Waals surface area contributed by atoms with Gasteiger partial charge in [0.15, 0.2) is 5.82 Å². The number of benzene rings is 1. The van der Waals surface area contributed by atoms with Crippen LogP contribution in [0.25, 0.3) is 0 Å². The van der Waals surface area contributed by atoms with Crippen LogP contribution < -0.4 is 15.5 Å². The summed E-state index contributed by atoms with van der Waals surface area (Å²) in [5.41, 5.74) is 2.68. The van der Waals surface area contributed by atoms with E-state index < -0.39 is 11.9 Å². The van der Waals surface area contributed by atoms with Crippen LogP contribution in [-0.4, -0.2) is 39.7 Å². The molecule has 1 aliphatic rings. The Labute approximate surface area is 204 Å². The molecule has 0 unspecified atom stereocenters. The van der Waals surface area contributed by atoms with Gasteiger partial charge in [0.25, 0.3) is 5.91 Å². The number of pyridine rings is 1. The molecule has 9 heteroatoms. The highest BCUT2D eigenvalue weighted by Gasteiger charge is 2.27. The molecule has 0 spiro atoms. The van der Waals surface area contributed by atoms with Gasteiger partial charge in [-0.25, -0.2) is 4.39 Å². The summed E-state index contributed by atoms with van der Waals surface area (Å²) in [6.07, 6.45) is 9.47. The summed E-state index contributed by atoms with van der Waals surface area (Å²) in [4.78, 5) is 31.9. The number of nitrogens with zero attached hydrogens (tertiary/aromatic N) is 4. The van der Waals surface area contributed by atoms with Crippen LogP contribution in [0.3, 0.4) is 0 Å². The van der Waals surface area contributed by atoms with Crippen LogP contribution in [0.1, 0.15) is 48.2 Å². The van der Waals surface area contributed by atoms with Crippen molar-refractivity contribution < 1.29 is 14.0 Å². The van der Waals surface area contributed by atoms with E-state index in [4.69, 9.17) is 0 Å². The second-order valence-corrected chi connectivity index (χ2v) is 9.19. The third-order valence-corrected chi connectivity index (χ3v) is 6.47. The minimum Gasteiger partial charge on any atom is -0.342 e. The van der Waals surface area contributed by atoms with Crippen molar-refractivity contribution in [3.05, 3.63) is 66.0 Å². The maximum absolute atomic E-state index is 14.4. The summed E-state index contributed by atoms with van der Waals surface area (Å²) < 4.78 is 16.0. The van der Waals surface area contributed by atoms with E-state index in [1.165, 1.54) is 6.20 Å². The Hall–Kier alpha value is -3.75. The molecule has 0 aliphatic heterocycles. The molecule has 184 valence electrons. The average Bonchev–Trinajstić information content (AvgIpc) is 3.51. The number of hydrogen-bond donors (Lipinski definition) is 2. The molecule has 3 aromatic rings. The molecule has 1 saturated carbocycles. The summed E-state index contributed by atoms with van der Waals surface area (Å²) in [7, 11) is 3.51. The molecule has 1 aromatic carbocycles. The van der Waals surface area contributed by atoms with Crippen molar-refractivity contribution in [2.75, 3.05) is 17.3 Å². The number of aryl methyl sites for hydroxylation is 2. The maximum Gasteiger partial charge on any atom is 0.252 e. The van der Waals surface area contributed by atoms with Gasteiger partial charge in [0, 0.05) is 37.2 Å². The Kier molecular flexibility index (Phi) is 7.43. The zero-order valence-corrected chi connectivity index (χ0v) is 20.3. The lowest BCUT2D eigenvalue weighted by molar-refractivity contribution is -0.118. The minimum atomic E-state index is -0.674. The molecular formula is C26H31FN6O2. The van der Waals surface area contributed by atoms with Crippen LogP contribution in [0.4, 0.5) is 21.5 Å². The molecular weight excluding hydrogens is 447 g/mol. The third kappa shape index (κ3) is 6.03. The fraction of sp³-hybridized carbons (Fsp3) is 0.385. The lowest BCUT2D eigenvalue weighted by Gasteiger charge is -2.23. The second kappa shape index (κ2) is 10.7. The summed E-state index contributed by atoms with van der Waals surface area (Å²) in [5, 5.41) is 9.88. The fourth-order valence-corrected chi connectivity index (χ4v) is 4.55. The average molecular weight is 479 g/mol. The molecule has 2 amide bonds. The molecule has 0 radical (unpaired) electrons. The summed E-state index contributed by atoms with van der Waals surface area (Å²) >= 11 is 0. The topological polar surface area (TPSA) is 92.2 Å². The van der Waals surface area contributed by atoms with E-state index >= 15 is 0 Å². The molecule has 1 aliphatic carbocycles. The predicted octanol–water partition coefficient (Wildman–Crippen LogP) is 4.35. The third-order valence-electron chi connectivity index (χ3n) is 6.47. The zero-order chi connectivity index (χ0) is 24.9. The Balaban J connectivity index is 1.51. The van der Waals surface area contributed by atoms with Crippen molar-refractivity contribution >= 4 is 28.9 Å². The van der Waals surface area contributed by atoms with Crippen LogP contribution in [0.2, 0.25) is 0 Å². The lowest BCUT2D eigenvalue weighted by atomic mass is 9.97. The SMILES string of the molecule is Cc1cc(N(C)c2cccc(C(=O)N[C@@H](CC3CCCC3)C(=O)Nc3cnn(C)c3)c2)c(F)cn1. The van der Waals surface area contributed by atoms with Crippen molar-refractivity contribution in [2.24, 2.45) is 13.0 Å². The predicted molar refractivity (Wildman–Crippen MR) is 133 cm³/mol. The number of nitrogens with one attached hydrogen (secondary N) is 2. The molecule has 35 heavy (non-hydrogen) atoms. The van der Waals surface area contributed by atoms with E-state index in [0.29, 0.717) is 40.7 Å². The van der Waals surface area contributed by atoms with Gasteiger partial charge in [-0.2, -0.15) is 5.10 Å². The van der Waals surface area contributed by atoms with Gasteiger partial charge in [-0.05, 0) is 43.5 Å². The van der Waals surface area contributed by atoms with Gasteiger partial charge in [0.1, 0.15) is 6.04 Å². The van der Waals surface area contributed by atoms with Crippen molar-refractivity contribution in [3.8, 4) is 0 Å². The summed E-state index contributed by atoms with van der Waals surface area (Å²) in [6.45, 7) is 1.79. The first-order valence-corrected chi connectivity index (χ1v) is 11.9. The minimum absolute atomic E-state index is 0.263. The van der Waals surface area contributed by atoms with Gasteiger partial charge >= 0.3 is 0 Å². The van der Waals surface area contributed by atoms with Crippen molar-refractivity contribution in [2.45, 2.75) is 45.1 Å². The number of halogens is 1. The van der Waals surface area contributed by atoms with Crippen molar-refractivity contribution in [1.29, 1.82) is 0 Å². The molecule has 2 aromatic heterocycles. The zero-order valence-electron chi connectivity index (χ0n) is 20.3. The van der Waals surface area contributed by atoms with Crippen LogP contribution in [-0.2, 0) is 11.8 Å². The van der Waals surface area contributed by atoms with Gasteiger partial charge in [-0.15, -0.1) is 0 Å². The molecule has 1 atom stereocenters. The van der Waals surface area contributed by atoms with E-state index in [0.717, 1.165) is 25.7 Å².